The van der Waals surface area contributed by atoms with E-state index in [4.69, 9.17) is 9.47 Å². The van der Waals surface area contributed by atoms with Gasteiger partial charge in [-0.05, 0) is 48.9 Å². The van der Waals surface area contributed by atoms with Crippen LogP contribution >= 0.6 is 0 Å². The fraction of sp³-hybridized carbons (Fsp3) is 0.167. The second kappa shape index (κ2) is 10.4. The summed E-state index contributed by atoms with van der Waals surface area (Å²) in [4.78, 5) is 25.5. The van der Waals surface area contributed by atoms with Crippen molar-refractivity contribution >= 4 is 11.8 Å². The van der Waals surface area contributed by atoms with Crippen LogP contribution in [0, 0.1) is 11.6 Å². The molecule has 0 aliphatic carbocycles. The summed E-state index contributed by atoms with van der Waals surface area (Å²) in [6, 6.07) is 15.7. The SMILES string of the molecule is CCOc1cc(C(NC(=O)c2ccccc2F)NC(=O)c2ccccc2F)ccc1OC. The zero-order chi connectivity index (χ0) is 23.1. The summed E-state index contributed by atoms with van der Waals surface area (Å²) in [5.41, 5.74) is 0.0241. The number of hydrogen-bond donors (Lipinski definition) is 2. The summed E-state index contributed by atoms with van der Waals surface area (Å²) in [7, 11) is 1.48. The first-order chi connectivity index (χ1) is 15.4. The number of amides is 2. The number of rotatable bonds is 8. The highest BCUT2D eigenvalue weighted by molar-refractivity contribution is 5.97. The topological polar surface area (TPSA) is 76.7 Å². The third kappa shape index (κ3) is 5.21. The Labute approximate surface area is 184 Å². The third-order valence-electron chi connectivity index (χ3n) is 4.61. The van der Waals surface area contributed by atoms with Crippen molar-refractivity contribution in [2.24, 2.45) is 0 Å². The van der Waals surface area contributed by atoms with Gasteiger partial charge in [0.15, 0.2) is 11.5 Å². The maximum Gasteiger partial charge on any atom is 0.256 e. The molecule has 0 saturated heterocycles. The predicted molar refractivity (Wildman–Crippen MR) is 115 cm³/mol. The van der Waals surface area contributed by atoms with Crippen molar-refractivity contribution in [1.82, 2.24) is 10.6 Å². The van der Waals surface area contributed by atoms with Crippen LogP contribution in [-0.4, -0.2) is 25.5 Å². The van der Waals surface area contributed by atoms with Gasteiger partial charge in [0.2, 0.25) is 0 Å². The van der Waals surface area contributed by atoms with Gasteiger partial charge in [-0.1, -0.05) is 30.3 Å². The lowest BCUT2D eigenvalue weighted by Crippen LogP contribution is -2.41. The quantitative estimate of drug-likeness (QED) is 0.514. The van der Waals surface area contributed by atoms with Crippen LogP contribution in [-0.2, 0) is 0 Å². The first-order valence-electron chi connectivity index (χ1n) is 9.86. The summed E-state index contributed by atoms with van der Waals surface area (Å²) in [6.07, 6.45) is -1.11. The van der Waals surface area contributed by atoms with E-state index in [0.717, 1.165) is 12.1 Å². The van der Waals surface area contributed by atoms with E-state index in [1.54, 1.807) is 25.1 Å². The van der Waals surface area contributed by atoms with Gasteiger partial charge in [-0.3, -0.25) is 9.59 Å². The Morgan fingerprint density at radius 3 is 1.84 bits per heavy atom. The van der Waals surface area contributed by atoms with Gasteiger partial charge in [0.05, 0.1) is 24.8 Å². The lowest BCUT2D eigenvalue weighted by atomic mass is 10.1. The lowest BCUT2D eigenvalue weighted by molar-refractivity contribution is 0.0879. The molecule has 2 N–H and O–H groups in total. The Hall–Kier alpha value is -3.94. The van der Waals surface area contributed by atoms with E-state index < -0.39 is 29.6 Å². The molecule has 0 heterocycles. The second-order valence-corrected chi connectivity index (χ2v) is 6.68. The molecule has 166 valence electrons. The third-order valence-corrected chi connectivity index (χ3v) is 4.61. The van der Waals surface area contributed by atoms with E-state index in [-0.39, 0.29) is 11.1 Å². The number of carbonyl (C=O) groups excluding carboxylic acids is 2. The fourth-order valence-corrected chi connectivity index (χ4v) is 3.05. The van der Waals surface area contributed by atoms with E-state index in [1.807, 2.05) is 0 Å². The van der Waals surface area contributed by atoms with Gasteiger partial charge < -0.3 is 20.1 Å². The zero-order valence-corrected chi connectivity index (χ0v) is 17.5. The molecule has 3 aromatic rings. The molecule has 3 rings (SSSR count). The van der Waals surface area contributed by atoms with Crippen molar-refractivity contribution in [2.75, 3.05) is 13.7 Å². The van der Waals surface area contributed by atoms with Gasteiger partial charge >= 0.3 is 0 Å². The second-order valence-electron chi connectivity index (χ2n) is 6.68. The number of carbonyl (C=O) groups is 2. The first kappa shape index (κ1) is 22.7. The van der Waals surface area contributed by atoms with Gasteiger partial charge in [-0.25, -0.2) is 8.78 Å². The predicted octanol–water partition coefficient (Wildman–Crippen LogP) is 4.23. The van der Waals surface area contributed by atoms with Crippen molar-refractivity contribution in [3.05, 3.63) is 95.1 Å². The normalized spacial score (nSPS) is 10.5. The van der Waals surface area contributed by atoms with E-state index >= 15 is 0 Å². The Morgan fingerprint density at radius 2 is 1.38 bits per heavy atom. The molecule has 0 saturated carbocycles. The minimum absolute atomic E-state index is 0.198. The van der Waals surface area contributed by atoms with Crippen molar-refractivity contribution < 1.29 is 27.8 Å². The minimum Gasteiger partial charge on any atom is -0.493 e. The van der Waals surface area contributed by atoms with Crippen molar-refractivity contribution in [1.29, 1.82) is 0 Å². The molecule has 0 aliphatic heterocycles. The lowest BCUT2D eigenvalue weighted by Gasteiger charge is -2.22. The van der Waals surface area contributed by atoms with Crippen LogP contribution in [0.4, 0.5) is 8.78 Å². The molecule has 0 radical (unpaired) electrons. The van der Waals surface area contributed by atoms with Gasteiger partial charge in [0, 0.05) is 0 Å². The molecule has 0 aromatic heterocycles. The molecule has 2 amide bonds. The maximum atomic E-state index is 14.1. The summed E-state index contributed by atoms with van der Waals surface area (Å²) in [5, 5.41) is 5.18. The van der Waals surface area contributed by atoms with Crippen LogP contribution in [0.2, 0.25) is 0 Å². The van der Waals surface area contributed by atoms with Gasteiger partial charge in [-0.2, -0.15) is 0 Å². The van der Waals surface area contributed by atoms with E-state index in [0.29, 0.717) is 23.7 Å². The van der Waals surface area contributed by atoms with Gasteiger partial charge in [-0.15, -0.1) is 0 Å². The summed E-state index contributed by atoms with van der Waals surface area (Å²) >= 11 is 0. The van der Waals surface area contributed by atoms with Gasteiger partial charge in [0.1, 0.15) is 17.8 Å². The highest BCUT2D eigenvalue weighted by Crippen LogP contribution is 2.30. The van der Waals surface area contributed by atoms with Crippen LogP contribution in [0.3, 0.4) is 0 Å². The molecule has 0 unspecified atom stereocenters. The Morgan fingerprint density at radius 1 is 0.844 bits per heavy atom. The number of benzene rings is 3. The minimum atomic E-state index is -1.11. The van der Waals surface area contributed by atoms with Gasteiger partial charge in [0.25, 0.3) is 11.8 Å². The highest BCUT2D eigenvalue weighted by Gasteiger charge is 2.23. The molecule has 8 heteroatoms. The summed E-state index contributed by atoms with van der Waals surface area (Å²) in [6.45, 7) is 2.15. The average molecular weight is 440 g/mol. The van der Waals surface area contributed by atoms with Crippen LogP contribution in [0.15, 0.2) is 66.7 Å². The Kier molecular flexibility index (Phi) is 7.38. The Balaban J connectivity index is 1.96. The smallest absolute Gasteiger partial charge is 0.256 e. The molecule has 0 fully saturated rings. The molecular formula is C24H22F2N2O4. The molecule has 0 spiro atoms. The zero-order valence-electron chi connectivity index (χ0n) is 17.5. The largest absolute Gasteiger partial charge is 0.493 e. The highest BCUT2D eigenvalue weighted by atomic mass is 19.1. The van der Waals surface area contributed by atoms with Crippen molar-refractivity contribution in [3.8, 4) is 11.5 Å². The van der Waals surface area contributed by atoms with Crippen molar-refractivity contribution in [3.63, 3.8) is 0 Å². The van der Waals surface area contributed by atoms with E-state index in [9.17, 15) is 18.4 Å². The summed E-state index contributed by atoms with van der Waals surface area (Å²) in [5.74, 6) is -2.10. The number of hydrogen-bond acceptors (Lipinski definition) is 4. The first-order valence-corrected chi connectivity index (χ1v) is 9.86. The molecule has 0 bridgehead atoms. The summed E-state index contributed by atoms with van der Waals surface area (Å²) < 4.78 is 39.0. The van der Waals surface area contributed by atoms with Crippen LogP contribution in [0.25, 0.3) is 0 Å². The van der Waals surface area contributed by atoms with Crippen LogP contribution in [0.1, 0.15) is 39.4 Å². The van der Waals surface area contributed by atoms with Crippen LogP contribution in [0.5, 0.6) is 11.5 Å². The number of nitrogens with one attached hydrogen (secondary N) is 2. The number of ether oxygens (including phenoxy) is 2. The molecule has 32 heavy (non-hydrogen) atoms. The standard InChI is InChI=1S/C24H22F2N2O4/c1-3-32-21-14-15(12-13-20(21)31-2)22(27-23(29)16-8-4-6-10-18(16)25)28-24(30)17-9-5-7-11-19(17)26/h4-14,22H,3H2,1-2H3,(H,27,29)(H,28,30). The molecule has 0 aliphatic rings. The number of halogens is 2. The molecular weight excluding hydrogens is 418 g/mol. The van der Waals surface area contributed by atoms with E-state index in [2.05, 4.69) is 10.6 Å². The van der Waals surface area contributed by atoms with E-state index in [1.165, 1.54) is 43.5 Å². The fourth-order valence-electron chi connectivity index (χ4n) is 3.05. The average Bonchev–Trinajstić information content (AvgIpc) is 2.79. The number of methoxy groups -OCH3 is 1. The maximum absolute atomic E-state index is 14.1. The van der Waals surface area contributed by atoms with Crippen LogP contribution < -0.4 is 20.1 Å². The molecule has 3 aromatic carbocycles. The monoisotopic (exact) mass is 440 g/mol. The Bertz CT molecular complexity index is 1060. The van der Waals surface area contributed by atoms with Crippen molar-refractivity contribution in [2.45, 2.75) is 13.1 Å². The molecule has 0 atom stereocenters. The molecule has 6 nitrogen and oxygen atoms in total.